The van der Waals surface area contributed by atoms with Crippen LogP contribution in [0.5, 0.6) is 11.5 Å². The lowest BCUT2D eigenvalue weighted by atomic mass is 9.78. The van der Waals surface area contributed by atoms with Crippen LogP contribution >= 0.6 is 0 Å². The average Bonchev–Trinajstić information content (AvgIpc) is 3.02. The molecule has 0 amide bonds. The molecule has 3 aromatic rings. The van der Waals surface area contributed by atoms with Crippen LogP contribution < -0.4 is 20.1 Å². The maximum absolute atomic E-state index is 14.9. The number of halogens is 2. The number of ketones is 1. The number of allylic oxidation sites excluding steroid dienone is 1. The predicted molar refractivity (Wildman–Crippen MR) is 136 cm³/mol. The molecule has 3 aromatic carbocycles. The zero-order valence-corrected chi connectivity index (χ0v) is 20.4. The zero-order chi connectivity index (χ0) is 25.4. The van der Waals surface area contributed by atoms with Gasteiger partial charge in [0.1, 0.15) is 11.6 Å². The van der Waals surface area contributed by atoms with Gasteiger partial charge >= 0.3 is 0 Å². The minimum atomic E-state index is -0.823. The monoisotopic (exact) mass is 490 g/mol. The molecule has 0 bridgehead atoms. The maximum Gasteiger partial charge on any atom is 0.163 e. The Morgan fingerprint density at radius 1 is 0.944 bits per heavy atom. The summed E-state index contributed by atoms with van der Waals surface area (Å²) in [4.78, 5) is 13.7. The fourth-order valence-electron chi connectivity index (χ4n) is 4.99. The van der Waals surface area contributed by atoms with Gasteiger partial charge in [-0.2, -0.15) is 0 Å². The normalized spacial score (nSPS) is 19.1. The highest BCUT2D eigenvalue weighted by atomic mass is 19.1. The van der Waals surface area contributed by atoms with Crippen LogP contribution in [-0.4, -0.2) is 19.0 Å². The number of Topliss-reactive ketones (excluding diaryl/α,β-unsaturated/α-hetero) is 1. The van der Waals surface area contributed by atoms with Gasteiger partial charge in [0, 0.05) is 23.3 Å². The fourth-order valence-corrected chi connectivity index (χ4v) is 4.99. The molecule has 7 heteroatoms. The number of para-hydroxylation sites is 2. The van der Waals surface area contributed by atoms with Gasteiger partial charge < -0.3 is 20.1 Å². The molecule has 0 fully saturated rings. The van der Waals surface area contributed by atoms with Gasteiger partial charge in [-0.3, -0.25) is 4.79 Å². The molecule has 5 nitrogen and oxygen atoms in total. The second-order valence-corrected chi connectivity index (χ2v) is 9.41. The lowest BCUT2D eigenvalue weighted by Gasteiger charge is -2.30. The van der Waals surface area contributed by atoms with Crippen molar-refractivity contribution in [2.24, 2.45) is 0 Å². The SMILES string of the molecule is COc1cc(C2CC(=O)C3=C(C2)Nc2ccccc2NC3c2cc(F)ccc2F)ccc1OC(C)C. The number of hydrogen-bond donors (Lipinski definition) is 2. The van der Waals surface area contributed by atoms with Crippen LogP contribution in [0.1, 0.15) is 49.8 Å². The summed E-state index contributed by atoms with van der Waals surface area (Å²) in [7, 11) is 1.59. The van der Waals surface area contributed by atoms with Crippen molar-refractivity contribution in [3.8, 4) is 11.5 Å². The lowest BCUT2D eigenvalue weighted by Crippen LogP contribution is -2.27. The Hall–Kier alpha value is -3.87. The summed E-state index contributed by atoms with van der Waals surface area (Å²) in [6, 6.07) is 15.7. The molecule has 2 N–H and O–H groups in total. The molecule has 0 saturated heterocycles. The number of nitrogens with one attached hydrogen (secondary N) is 2. The zero-order valence-electron chi connectivity index (χ0n) is 20.4. The molecule has 1 heterocycles. The fraction of sp³-hybridized carbons (Fsp3) is 0.276. The second kappa shape index (κ2) is 9.64. The Bertz CT molecular complexity index is 1350. The van der Waals surface area contributed by atoms with E-state index in [1.54, 1.807) is 7.11 Å². The minimum Gasteiger partial charge on any atom is -0.493 e. The Morgan fingerprint density at radius 2 is 1.72 bits per heavy atom. The molecule has 0 radical (unpaired) electrons. The third-order valence-corrected chi connectivity index (χ3v) is 6.60. The molecular formula is C29H28F2N2O3. The van der Waals surface area contributed by atoms with E-state index in [2.05, 4.69) is 10.6 Å². The number of fused-ring (bicyclic) bond motifs is 1. The van der Waals surface area contributed by atoms with Crippen molar-refractivity contribution >= 4 is 17.2 Å². The van der Waals surface area contributed by atoms with Crippen LogP contribution in [0.25, 0.3) is 0 Å². The topological polar surface area (TPSA) is 59.6 Å². The third-order valence-electron chi connectivity index (χ3n) is 6.60. The number of anilines is 2. The first kappa shape index (κ1) is 23.9. The van der Waals surface area contributed by atoms with Gasteiger partial charge in [0.25, 0.3) is 0 Å². The molecule has 5 rings (SSSR count). The maximum atomic E-state index is 14.9. The number of methoxy groups -OCH3 is 1. The van der Waals surface area contributed by atoms with Crippen molar-refractivity contribution in [2.45, 2.75) is 44.8 Å². The first-order valence-electron chi connectivity index (χ1n) is 12.0. The Kier molecular flexibility index (Phi) is 6.39. The summed E-state index contributed by atoms with van der Waals surface area (Å²) in [5, 5.41) is 6.70. The number of rotatable bonds is 5. The van der Waals surface area contributed by atoms with Gasteiger partial charge in [-0.1, -0.05) is 18.2 Å². The molecule has 186 valence electrons. The van der Waals surface area contributed by atoms with Crippen LogP contribution in [0.4, 0.5) is 20.2 Å². The summed E-state index contributed by atoms with van der Waals surface area (Å²) >= 11 is 0. The number of ether oxygens (including phenoxy) is 2. The van der Waals surface area contributed by atoms with Gasteiger partial charge in [0.2, 0.25) is 0 Å². The first-order valence-corrected chi connectivity index (χ1v) is 12.0. The number of benzene rings is 3. The van der Waals surface area contributed by atoms with Crippen molar-refractivity contribution in [3.05, 3.63) is 94.7 Å². The van der Waals surface area contributed by atoms with Crippen molar-refractivity contribution in [3.63, 3.8) is 0 Å². The molecule has 2 atom stereocenters. The van der Waals surface area contributed by atoms with Gasteiger partial charge in [0.05, 0.1) is 30.6 Å². The van der Waals surface area contributed by atoms with E-state index < -0.39 is 17.7 Å². The molecule has 2 unspecified atom stereocenters. The van der Waals surface area contributed by atoms with E-state index in [0.717, 1.165) is 29.4 Å². The highest BCUT2D eigenvalue weighted by molar-refractivity contribution is 6.01. The van der Waals surface area contributed by atoms with Gasteiger partial charge in [-0.25, -0.2) is 8.78 Å². The van der Waals surface area contributed by atoms with Crippen LogP contribution in [0.3, 0.4) is 0 Å². The number of carbonyl (C=O) groups is 1. The van der Waals surface area contributed by atoms with E-state index >= 15 is 0 Å². The predicted octanol–water partition coefficient (Wildman–Crippen LogP) is 6.74. The van der Waals surface area contributed by atoms with Crippen LogP contribution in [0.2, 0.25) is 0 Å². The van der Waals surface area contributed by atoms with Crippen molar-refractivity contribution in [1.82, 2.24) is 0 Å². The average molecular weight is 491 g/mol. The number of hydrogen-bond acceptors (Lipinski definition) is 5. The smallest absolute Gasteiger partial charge is 0.163 e. The van der Waals surface area contributed by atoms with Crippen LogP contribution in [-0.2, 0) is 4.79 Å². The van der Waals surface area contributed by atoms with E-state index in [1.807, 2.05) is 56.3 Å². The Balaban J connectivity index is 1.57. The summed E-state index contributed by atoms with van der Waals surface area (Å²) in [6.45, 7) is 3.89. The molecule has 0 saturated carbocycles. The standard InChI is InChI=1S/C29H28F2N2O3/c1-16(2)36-26-11-8-17(14-27(26)35-3)18-12-24-28(25(34)13-18)29(20-15-19(30)9-10-21(20)31)33-23-7-5-4-6-22(23)32-24/h4-11,14-16,18,29,32-33H,12-13H2,1-3H3. The molecule has 1 aliphatic heterocycles. The van der Waals surface area contributed by atoms with E-state index in [9.17, 15) is 13.6 Å². The summed E-state index contributed by atoms with van der Waals surface area (Å²) in [5.41, 5.74) is 3.66. The number of carbonyl (C=O) groups excluding carboxylic acids is 1. The summed E-state index contributed by atoms with van der Waals surface area (Å²) < 4.78 is 40.5. The highest BCUT2D eigenvalue weighted by Gasteiger charge is 2.37. The lowest BCUT2D eigenvalue weighted by molar-refractivity contribution is -0.116. The molecule has 36 heavy (non-hydrogen) atoms. The summed E-state index contributed by atoms with van der Waals surface area (Å²) in [6.07, 6.45) is 0.758. The van der Waals surface area contributed by atoms with Crippen LogP contribution in [0.15, 0.2) is 71.9 Å². The highest BCUT2D eigenvalue weighted by Crippen LogP contribution is 2.45. The van der Waals surface area contributed by atoms with E-state index in [1.165, 1.54) is 0 Å². The van der Waals surface area contributed by atoms with Crippen molar-refractivity contribution in [1.29, 1.82) is 0 Å². The second-order valence-electron chi connectivity index (χ2n) is 9.41. The van der Waals surface area contributed by atoms with E-state index in [-0.39, 0.29) is 29.8 Å². The largest absolute Gasteiger partial charge is 0.493 e. The van der Waals surface area contributed by atoms with E-state index in [0.29, 0.717) is 34.9 Å². The van der Waals surface area contributed by atoms with Gasteiger partial charge in [0.15, 0.2) is 17.3 Å². The molecule has 2 aliphatic rings. The molecule has 0 spiro atoms. The molecular weight excluding hydrogens is 462 g/mol. The first-order chi connectivity index (χ1) is 17.3. The van der Waals surface area contributed by atoms with Crippen LogP contribution in [0, 0.1) is 11.6 Å². The van der Waals surface area contributed by atoms with Crippen molar-refractivity contribution in [2.75, 3.05) is 17.7 Å². The Labute approximate surface area is 209 Å². The third kappa shape index (κ3) is 4.53. The van der Waals surface area contributed by atoms with Gasteiger partial charge in [-0.05, 0) is 74.2 Å². The molecule has 0 aromatic heterocycles. The minimum absolute atomic E-state index is 0.00312. The van der Waals surface area contributed by atoms with E-state index in [4.69, 9.17) is 9.47 Å². The Morgan fingerprint density at radius 3 is 2.47 bits per heavy atom. The van der Waals surface area contributed by atoms with Crippen molar-refractivity contribution < 1.29 is 23.0 Å². The summed E-state index contributed by atoms with van der Waals surface area (Å²) in [5.74, 6) is -0.115. The van der Waals surface area contributed by atoms with Gasteiger partial charge in [-0.15, -0.1) is 0 Å². The quantitative estimate of drug-likeness (QED) is 0.415. The molecule has 1 aliphatic carbocycles.